The van der Waals surface area contributed by atoms with Gasteiger partial charge in [-0.2, -0.15) is 0 Å². The van der Waals surface area contributed by atoms with Crippen molar-refractivity contribution < 1.29 is 28.7 Å². The van der Waals surface area contributed by atoms with Crippen LogP contribution in [-0.2, 0) is 14.3 Å². The highest BCUT2D eigenvalue weighted by Gasteiger charge is 2.27. The van der Waals surface area contributed by atoms with E-state index in [2.05, 4.69) is 10.3 Å². The van der Waals surface area contributed by atoms with Crippen LogP contribution in [-0.4, -0.2) is 40.8 Å². The Kier molecular flexibility index (Phi) is 7.15. The average molecular weight is 414 g/mol. The fourth-order valence-electron chi connectivity index (χ4n) is 2.84. The Hall–Kier alpha value is -3.42. The number of esters is 2. The van der Waals surface area contributed by atoms with Crippen molar-refractivity contribution in [2.24, 2.45) is 0 Å². The molecule has 8 heteroatoms. The van der Waals surface area contributed by atoms with Gasteiger partial charge in [-0.1, -0.05) is 0 Å². The fraction of sp³-hybridized carbons (Fsp3) is 0.364. The average Bonchev–Trinajstić information content (AvgIpc) is 2.95. The predicted octanol–water partition coefficient (Wildman–Crippen LogP) is 3.58. The van der Waals surface area contributed by atoms with Crippen LogP contribution in [0.1, 0.15) is 70.2 Å². The Bertz CT molecular complexity index is 972. The molecule has 0 fully saturated rings. The van der Waals surface area contributed by atoms with E-state index in [9.17, 15) is 19.2 Å². The first-order valence-corrected chi connectivity index (χ1v) is 9.54. The third-order valence-electron chi connectivity index (χ3n) is 4.40. The number of amides is 1. The van der Waals surface area contributed by atoms with Crippen LogP contribution >= 0.6 is 0 Å². The molecule has 0 bridgehead atoms. The van der Waals surface area contributed by atoms with Crippen LogP contribution in [0.4, 0.5) is 5.69 Å². The smallest absolute Gasteiger partial charge is 0.355 e. The molecule has 1 heterocycles. The molecule has 2 aromatic rings. The molecule has 30 heavy (non-hydrogen) atoms. The lowest BCUT2D eigenvalue weighted by atomic mass is 10.1. The Morgan fingerprint density at radius 3 is 2.07 bits per heavy atom. The summed E-state index contributed by atoms with van der Waals surface area (Å²) in [5.41, 5.74) is 2.24. The lowest BCUT2D eigenvalue weighted by Gasteiger charge is -2.13. The van der Waals surface area contributed by atoms with E-state index in [-0.39, 0.29) is 23.1 Å². The minimum atomic E-state index is -1.08. The number of Topliss-reactive ketones (excluding diaryl/α,β-unsaturated/α-hetero) is 1. The number of hydrogen-bond acceptors (Lipinski definition) is 6. The molecule has 0 aliphatic heterocycles. The van der Waals surface area contributed by atoms with Crippen LogP contribution in [0.2, 0.25) is 0 Å². The van der Waals surface area contributed by atoms with Gasteiger partial charge in [0.2, 0.25) is 0 Å². The number of carbonyl (C=O) groups is 4. The van der Waals surface area contributed by atoms with Gasteiger partial charge >= 0.3 is 11.9 Å². The zero-order valence-corrected chi connectivity index (χ0v) is 17.9. The molecule has 1 amide bonds. The van der Waals surface area contributed by atoms with Gasteiger partial charge in [0.05, 0.1) is 11.7 Å². The second-order valence-corrected chi connectivity index (χ2v) is 7.25. The molecular weight excluding hydrogens is 388 g/mol. The van der Waals surface area contributed by atoms with Crippen molar-refractivity contribution in [2.45, 2.75) is 53.8 Å². The van der Waals surface area contributed by atoms with Crippen molar-refractivity contribution in [1.29, 1.82) is 0 Å². The summed E-state index contributed by atoms with van der Waals surface area (Å²) >= 11 is 0. The van der Waals surface area contributed by atoms with E-state index in [0.717, 1.165) is 0 Å². The van der Waals surface area contributed by atoms with E-state index < -0.39 is 23.9 Å². The third-order valence-corrected chi connectivity index (χ3v) is 4.40. The lowest BCUT2D eigenvalue weighted by Crippen LogP contribution is -2.30. The van der Waals surface area contributed by atoms with Crippen molar-refractivity contribution in [1.82, 2.24) is 4.98 Å². The second-order valence-electron chi connectivity index (χ2n) is 7.25. The number of rotatable bonds is 7. The van der Waals surface area contributed by atoms with Crippen LogP contribution < -0.4 is 5.32 Å². The maximum absolute atomic E-state index is 12.5. The molecule has 0 unspecified atom stereocenters. The topological polar surface area (TPSA) is 115 Å². The maximum atomic E-state index is 12.5. The van der Waals surface area contributed by atoms with Crippen molar-refractivity contribution in [2.75, 3.05) is 5.32 Å². The van der Waals surface area contributed by atoms with Crippen molar-refractivity contribution in [3.05, 3.63) is 52.3 Å². The Balaban J connectivity index is 2.07. The van der Waals surface area contributed by atoms with Crippen LogP contribution in [0.5, 0.6) is 0 Å². The molecule has 0 saturated carbocycles. The molecule has 160 valence electrons. The molecule has 8 nitrogen and oxygen atoms in total. The summed E-state index contributed by atoms with van der Waals surface area (Å²) in [6.45, 7) is 9.63. The standard InChI is InChI=1S/C22H26N2O6/c1-11(2)29-21(27)18-12(3)19(23-13(18)4)22(28)30-15(6)20(26)24-17-9-7-16(8-10-17)14(5)25/h7-11,15,23H,1-6H3,(H,24,26)/t15-/m0/s1. The summed E-state index contributed by atoms with van der Waals surface area (Å²) in [4.78, 5) is 51.3. The van der Waals surface area contributed by atoms with Gasteiger partial charge in [-0.3, -0.25) is 9.59 Å². The number of aromatic amines is 1. The van der Waals surface area contributed by atoms with Gasteiger partial charge < -0.3 is 19.8 Å². The summed E-state index contributed by atoms with van der Waals surface area (Å²) in [7, 11) is 0. The summed E-state index contributed by atoms with van der Waals surface area (Å²) in [6.07, 6.45) is -1.38. The number of aryl methyl sites for hydroxylation is 1. The number of aromatic nitrogens is 1. The molecule has 2 N–H and O–H groups in total. The number of ketones is 1. The number of carbonyl (C=O) groups excluding carboxylic acids is 4. The van der Waals surface area contributed by atoms with Gasteiger partial charge in [0.25, 0.3) is 5.91 Å². The minimum Gasteiger partial charge on any atom is -0.459 e. The number of anilines is 1. The van der Waals surface area contributed by atoms with Crippen LogP contribution in [0.3, 0.4) is 0 Å². The van der Waals surface area contributed by atoms with Crippen LogP contribution in [0.15, 0.2) is 24.3 Å². The Labute approximate surface area is 175 Å². The van der Waals surface area contributed by atoms with E-state index in [1.165, 1.54) is 13.8 Å². The Morgan fingerprint density at radius 2 is 1.53 bits per heavy atom. The van der Waals surface area contributed by atoms with E-state index in [1.54, 1.807) is 52.0 Å². The van der Waals surface area contributed by atoms with Gasteiger partial charge in [0.15, 0.2) is 11.9 Å². The zero-order chi connectivity index (χ0) is 22.6. The molecule has 2 rings (SSSR count). The summed E-state index contributed by atoms with van der Waals surface area (Å²) in [5, 5.41) is 2.62. The van der Waals surface area contributed by atoms with E-state index in [1.807, 2.05) is 0 Å². The molecule has 0 aliphatic carbocycles. The van der Waals surface area contributed by atoms with Crippen LogP contribution in [0.25, 0.3) is 0 Å². The van der Waals surface area contributed by atoms with Gasteiger partial charge in [0, 0.05) is 16.9 Å². The highest BCUT2D eigenvalue weighted by Crippen LogP contribution is 2.21. The molecule has 0 aliphatic rings. The van der Waals surface area contributed by atoms with Gasteiger partial charge in [-0.05, 0) is 71.4 Å². The molecule has 0 spiro atoms. The number of benzene rings is 1. The predicted molar refractivity (Wildman–Crippen MR) is 111 cm³/mol. The molecule has 1 atom stereocenters. The quantitative estimate of drug-likeness (QED) is 0.529. The highest BCUT2D eigenvalue weighted by atomic mass is 16.6. The number of nitrogens with one attached hydrogen (secondary N) is 2. The highest BCUT2D eigenvalue weighted by molar-refractivity contribution is 6.01. The monoisotopic (exact) mass is 414 g/mol. The molecule has 1 aromatic heterocycles. The normalized spacial score (nSPS) is 11.7. The molecular formula is C22H26N2O6. The summed E-state index contributed by atoms with van der Waals surface area (Å²) in [6, 6.07) is 6.37. The Morgan fingerprint density at radius 1 is 0.933 bits per heavy atom. The van der Waals surface area contributed by atoms with Crippen molar-refractivity contribution in [3.8, 4) is 0 Å². The van der Waals surface area contributed by atoms with Gasteiger partial charge in [-0.25, -0.2) is 9.59 Å². The number of H-pyrrole nitrogens is 1. The molecule has 0 saturated heterocycles. The fourth-order valence-corrected chi connectivity index (χ4v) is 2.84. The molecule has 1 aromatic carbocycles. The lowest BCUT2D eigenvalue weighted by molar-refractivity contribution is -0.123. The minimum absolute atomic E-state index is 0.0802. The number of ether oxygens (including phenoxy) is 2. The molecule has 0 radical (unpaired) electrons. The SMILES string of the molecule is CC(=O)c1ccc(NC(=O)[C@H](C)OC(=O)c2[nH]c(C)c(C(=O)OC(C)C)c2C)cc1. The van der Waals surface area contributed by atoms with Gasteiger partial charge in [0.1, 0.15) is 5.69 Å². The van der Waals surface area contributed by atoms with Crippen molar-refractivity contribution in [3.63, 3.8) is 0 Å². The number of hydrogen-bond donors (Lipinski definition) is 2. The first-order chi connectivity index (χ1) is 14.0. The van der Waals surface area contributed by atoms with E-state index in [0.29, 0.717) is 22.5 Å². The van der Waals surface area contributed by atoms with Crippen molar-refractivity contribution >= 4 is 29.3 Å². The van der Waals surface area contributed by atoms with Crippen LogP contribution in [0, 0.1) is 13.8 Å². The largest absolute Gasteiger partial charge is 0.459 e. The first kappa shape index (κ1) is 22.9. The third kappa shape index (κ3) is 5.34. The van der Waals surface area contributed by atoms with Gasteiger partial charge in [-0.15, -0.1) is 0 Å². The second kappa shape index (κ2) is 9.39. The van der Waals surface area contributed by atoms with E-state index in [4.69, 9.17) is 9.47 Å². The first-order valence-electron chi connectivity index (χ1n) is 9.54. The summed E-state index contributed by atoms with van der Waals surface area (Å²) < 4.78 is 10.5. The van der Waals surface area contributed by atoms with E-state index >= 15 is 0 Å². The zero-order valence-electron chi connectivity index (χ0n) is 17.9. The summed E-state index contributed by atoms with van der Waals surface area (Å²) in [5.74, 6) is -1.90. The maximum Gasteiger partial charge on any atom is 0.355 e.